The highest BCUT2D eigenvalue weighted by Gasteiger charge is 2.33. The summed E-state index contributed by atoms with van der Waals surface area (Å²) < 4.78 is 24.8. The highest BCUT2D eigenvalue weighted by atomic mass is 32.2. The van der Waals surface area contributed by atoms with Gasteiger partial charge in [-0.25, -0.2) is 13.4 Å². The van der Waals surface area contributed by atoms with E-state index in [9.17, 15) is 13.2 Å². The lowest BCUT2D eigenvalue weighted by Crippen LogP contribution is -2.41. The van der Waals surface area contributed by atoms with E-state index in [2.05, 4.69) is 18.0 Å². The number of hydrogen-bond donors (Lipinski definition) is 0. The van der Waals surface area contributed by atoms with Gasteiger partial charge < -0.3 is 4.90 Å². The number of benzene rings is 1. The number of aryl methyl sites for hydroxylation is 1. The zero-order valence-corrected chi connectivity index (χ0v) is 17.5. The summed E-state index contributed by atoms with van der Waals surface area (Å²) in [6.07, 6.45) is 5.63. The molecule has 7 heteroatoms. The van der Waals surface area contributed by atoms with Crippen molar-refractivity contribution in [1.82, 2.24) is 9.88 Å². The molecule has 1 aromatic carbocycles. The van der Waals surface area contributed by atoms with E-state index in [1.54, 1.807) is 11.3 Å². The number of carbonyl (C=O) groups is 1. The van der Waals surface area contributed by atoms with Gasteiger partial charge in [0.1, 0.15) is 0 Å². The highest BCUT2D eigenvalue weighted by Crippen LogP contribution is 2.23. The Morgan fingerprint density at radius 1 is 1.26 bits per heavy atom. The second-order valence-electron chi connectivity index (χ2n) is 7.28. The normalized spacial score (nSPS) is 18.8. The van der Waals surface area contributed by atoms with E-state index < -0.39 is 9.84 Å². The SMILES string of the molecule is CCCCN(C(=O)CCCCc1nc2ccccc2s1)C1CCS(=O)(=O)C1. The molecule has 1 aliphatic rings. The van der Waals surface area contributed by atoms with E-state index in [1.807, 2.05) is 23.1 Å². The summed E-state index contributed by atoms with van der Waals surface area (Å²) in [7, 11) is -2.97. The average molecular weight is 409 g/mol. The first kappa shape index (κ1) is 20.3. The quantitative estimate of drug-likeness (QED) is 0.592. The Balaban J connectivity index is 1.49. The van der Waals surface area contributed by atoms with E-state index in [0.717, 1.165) is 42.6 Å². The van der Waals surface area contributed by atoms with E-state index in [-0.39, 0.29) is 23.5 Å². The summed E-state index contributed by atoms with van der Waals surface area (Å²) >= 11 is 1.72. The first-order chi connectivity index (χ1) is 13.0. The van der Waals surface area contributed by atoms with Crippen LogP contribution in [0.4, 0.5) is 0 Å². The first-order valence-corrected chi connectivity index (χ1v) is 12.5. The van der Waals surface area contributed by atoms with Crippen molar-refractivity contribution in [2.45, 2.75) is 57.9 Å². The largest absolute Gasteiger partial charge is 0.339 e. The molecule has 2 heterocycles. The molecule has 148 valence electrons. The lowest BCUT2D eigenvalue weighted by atomic mass is 10.1. The number of hydrogen-bond acceptors (Lipinski definition) is 5. The minimum absolute atomic E-state index is 0.106. The van der Waals surface area contributed by atoms with E-state index >= 15 is 0 Å². The Labute approximate surface area is 165 Å². The maximum atomic E-state index is 12.7. The topological polar surface area (TPSA) is 67.3 Å². The number of fused-ring (bicyclic) bond motifs is 1. The van der Waals surface area contributed by atoms with Crippen LogP contribution in [-0.2, 0) is 21.1 Å². The van der Waals surface area contributed by atoms with Gasteiger partial charge in [-0.2, -0.15) is 0 Å². The molecule has 1 unspecified atom stereocenters. The van der Waals surface area contributed by atoms with Crippen LogP contribution in [0.1, 0.15) is 50.5 Å². The van der Waals surface area contributed by atoms with Gasteiger partial charge in [-0.1, -0.05) is 25.5 Å². The number of amides is 1. The smallest absolute Gasteiger partial charge is 0.222 e. The Bertz CT molecular complexity index is 843. The molecule has 1 atom stereocenters. The first-order valence-electron chi connectivity index (χ1n) is 9.83. The van der Waals surface area contributed by atoms with Gasteiger partial charge >= 0.3 is 0 Å². The van der Waals surface area contributed by atoms with Gasteiger partial charge in [0, 0.05) is 19.0 Å². The van der Waals surface area contributed by atoms with Gasteiger partial charge in [0.15, 0.2) is 9.84 Å². The monoisotopic (exact) mass is 408 g/mol. The van der Waals surface area contributed by atoms with Crippen molar-refractivity contribution in [3.63, 3.8) is 0 Å². The molecule has 0 saturated carbocycles. The second kappa shape index (κ2) is 9.15. The molecular formula is C20H28N2O3S2. The third kappa shape index (κ3) is 5.51. The average Bonchev–Trinajstić information content (AvgIpc) is 3.21. The Morgan fingerprint density at radius 3 is 2.78 bits per heavy atom. The summed E-state index contributed by atoms with van der Waals surface area (Å²) in [4.78, 5) is 19.2. The number of para-hydroxylation sites is 1. The molecule has 0 N–H and O–H groups in total. The predicted molar refractivity (Wildman–Crippen MR) is 111 cm³/mol. The van der Waals surface area contributed by atoms with Crippen LogP contribution < -0.4 is 0 Å². The zero-order valence-electron chi connectivity index (χ0n) is 15.9. The molecule has 27 heavy (non-hydrogen) atoms. The second-order valence-corrected chi connectivity index (χ2v) is 10.6. The van der Waals surface area contributed by atoms with Gasteiger partial charge in [-0.15, -0.1) is 11.3 Å². The van der Waals surface area contributed by atoms with Crippen LogP contribution >= 0.6 is 11.3 Å². The molecule has 1 fully saturated rings. The van der Waals surface area contributed by atoms with Crippen LogP contribution in [0, 0.1) is 0 Å². The van der Waals surface area contributed by atoms with Crippen molar-refractivity contribution in [1.29, 1.82) is 0 Å². The van der Waals surface area contributed by atoms with Gasteiger partial charge in [0.05, 0.1) is 26.7 Å². The van der Waals surface area contributed by atoms with Crippen LogP contribution in [0.25, 0.3) is 10.2 Å². The Morgan fingerprint density at radius 2 is 2.07 bits per heavy atom. The molecule has 0 aliphatic carbocycles. The molecule has 1 amide bonds. The summed E-state index contributed by atoms with van der Waals surface area (Å²) in [6, 6.07) is 8.01. The lowest BCUT2D eigenvalue weighted by Gasteiger charge is -2.28. The molecule has 1 aromatic heterocycles. The van der Waals surface area contributed by atoms with Crippen molar-refractivity contribution in [2.75, 3.05) is 18.1 Å². The summed E-state index contributed by atoms with van der Waals surface area (Å²) in [5.41, 5.74) is 1.04. The van der Waals surface area contributed by atoms with Crippen LogP contribution in [0.3, 0.4) is 0 Å². The molecule has 5 nitrogen and oxygen atoms in total. The van der Waals surface area contributed by atoms with Gasteiger partial charge in [-0.05, 0) is 44.2 Å². The van der Waals surface area contributed by atoms with Crippen molar-refractivity contribution < 1.29 is 13.2 Å². The summed E-state index contributed by atoms with van der Waals surface area (Å²) in [6.45, 7) is 2.76. The fourth-order valence-electron chi connectivity index (χ4n) is 3.58. The number of nitrogens with zero attached hydrogens (tertiary/aromatic N) is 2. The number of aromatic nitrogens is 1. The maximum absolute atomic E-state index is 12.7. The standard InChI is InChI=1S/C20H28N2O3S2/c1-2-3-13-22(16-12-14-27(24,25)15-16)20(23)11-7-6-10-19-21-17-8-4-5-9-18(17)26-19/h4-5,8-9,16H,2-3,6-7,10-15H2,1H3. The van der Waals surface area contributed by atoms with Gasteiger partial charge in [-0.3, -0.25) is 4.79 Å². The number of rotatable bonds is 9. The van der Waals surface area contributed by atoms with Crippen LogP contribution in [0.2, 0.25) is 0 Å². The fourth-order valence-corrected chi connectivity index (χ4v) is 6.32. The lowest BCUT2D eigenvalue weighted by molar-refractivity contribution is -0.133. The molecule has 0 radical (unpaired) electrons. The third-order valence-corrected chi connectivity index (χ3v) is 7.94. The maximum Gasteiger partial charge on any atom is 0.222 e. The fraction of sp³-hybridized carbons (Fsp3) is 0.600. The van der Waals surface area contributed by atoms with Crippen LogP contribution in [-0.4, -0.2) is 48.3 Å². The molecule has 3 rings (SSSR count). The molecule has 1 aliphatic heterocycles. The van der Waals surface area contributed by atoms with Gasteiger partial charge in [0.25, 0.3) is 0 Å². The molecule has 0 bridgehead atoms. The highest BCUT2D eigenvalue weighted by molar-refractivity contribution is 7.91. The van der Waals surface area contributed by atoms with Crippen molar-refractivity contribution in [3.05, 3.63) is 29.3 Å². The number of unbranched alkanes of at least 4 members (excludes halogenated alkanes) is 2. The van der Waals surface area contributed by atoms with Crippen molar-refractivity contribution >= 4 is 37.3 Å². The van der Waals surface area contributed by atoms with E-state index in [1.165, 1.54) is 4.70 Å². The van der Waals surface area contributed by atoms with Gasteiger partial charge in [0.2, 0.25) is 5.91 Å². The van der Waals surface area contributed by atoms with Crippen LogP contribution in [0.15, 0.2) is 24.3 Å². The Hall–Kier alpha value is -1.47. The van der Waals surface area contributed by atoms with E-state index in [0.29, 0.717) is 19.4 Å². The summed E-state index contributed by atoms with van der Waals surface area (Å²) in [5.74, 6) is 0.453. The van der Waals surface area contributed by atoms with E-state index in [4.69, 9.17) is 0 Å². The summed E-state index contributed by atoms with van der Waals surface area (Å²) in [5, 5.41) is 1.12. The zero-order chi connectivity index (χ0) is 19.3. The molecule has 0 spiro atoms. The minimum atomic E-state index is -2.97. The van der Waals surface area contributed by atoms with Crippen molar-refractivity contribution in [3.8, 4) is 0 Å². The van der Waals surface area contributed by atoms with Crippen LogP contribution in [0.5, 0.6) is 0 Å². The third-order valence-electron chi connectivity index (χ3n) is 5.09. The Kier molecular flexibility index (Phi) is 6.87. The molecule has 1 saturated heterocycles. The number of carbonyl (C=O) groups excluding carboxylic acids is 1. The number of thiazole rings is 1. The molecule has 2 aromatic rings. The van der Waals surface area contributed by atoms with Crippen molar-refractivity contribution in [2.24, 2.45) is 0 Å². The predicted octanol–water partition coefficient (Wildman–Crippen LogP) is 3.82. The number of sulfone groups is 1. The minimum Gasteiger partial charge on any atom is -0.339 e. The molecular weight excluding hydrogens is 380 g/mol.